The first-order chi connectivity index (χ1) is 7.15. The van der Waals surface area contributed by atoms with Gasteiger partial charge in [0.25, 0.3) is 0 Å². The van der Waals surface area contributed by atoms with E-state index in [1.165, 1.54) is 5.56 Å². The van der Waals surface area contributed by atoms with Gasteiger partial charge in [0, 0.05) is 15.5 Å². The smallest absolute Gasteiger partial charge is 0.189 e. The molecule has 5 heteroatoms. The Kier molecular flexibility index (Phi) is 3.31. The van der Waals surface area contributed by atoms with Gasteiger partial charge in [0.15, 0.2) is 5.96 Å². The van der Waals surface area contributed by atoms with Gasteiger partial charge in [-0.05, 0) is 30.2 Å². The maximum absolute atomic E-state index is 5.65. The van der Waals surface area contributed by atoms with Crippen molar-refractivity contribution in [3.63, 3.8) is 0 Å². The van der Waals surface area contributed by atoms with Crippen molar-refractivity contribution in [3.05, 3.63) is 32.7 Å². The molecule has 0 saturated carbocycles. The molecular weight excluding hydrogens is 322 g/mol. The summed E-state index contributed by atoms with van der Waals surface area (Å²) in [6.45, 7) is 0.879. The number of nitrogens with one attached hydrogen (secondary N) is 1. The van der Waals surface area contributed by atoms with Gasteiger partial charge in [-0.25, -0.2) is 4.99 Å². The summed E-state index contributed by atoms with van der Waals surface area (Å²) in [5, 5.41) is 3.02. The molecule has 0 amide bonds. The first-order valence-electron chi connectivity index (χ1n) is 4.68. The zero-order chi connectivity index (χ0) is 10.8. The van der Waals surface area contributed by atoms with Crippen molar-refractivity contribution < 1.29 is 0 Å². The van der Waals surface area contributed by atoms with Crippen LogP contribution in [0.3, 0.4) is 0 Å². The number of aliphatic imine (C=N–C) groups is 1. The molecule has 0 aliphatic carbocycles. The molecule has 1 heterocycles. The minimum atomic E-state index is 0.167. The number of rotatable bonds is 1. The third kappa shape index (κ3) is 2.72. The number of hydrogen-bond acceptors (Lipinski definition) is 3. The van der Waals surface area contributed by atoms with Gasteiger partial charge >= 0.3 is 0 Å². The molecule has 2 rings (SSSR count). The Morgan fingerprint density at radius 1 is 1.27 bits per heavy atom. The molecular formula is C10H11Br2N3. The fourth-order valence-electron chi connectivity index (χ4n) is 1.62. The molecule has 3 nitrogen and oxygen atoms in total. The van der Waals surface area contributed by atoms with Crippen molar-refractivity contribution >= 4 is 37.8 Å². The first-order valence-corrected chi connectivity index (χ1v) is 6.27. The second-order valence-corrected chi connectivity index (χ2v) is 5.28. The lowest BCUT2D eigenvalue weighted by Gasteiger charge is -2.20. The minimum absolute atomic E-state index is 0.167. The van der Waals surface area contributed by atoms with Crippen LogP contribution in [-0.2, 0) is 0 Å². The Labute approximate surface area is 105 Å². The summed E-state index contributed by atoms with van der Waals surface area (Å²) >= 11 is 6.94. The van der Waals surface area contributed by atoms with Crippen molar-refractivity contribution in [3.8, 4) is 0 Å². The van der Waals surface area contributed by atoms with Crippen molar-refractivity contribution in [1.82, 2.24) is 5.32 Å². The molecule has 0 spiro atoms. The summed E-state index contributed by atoms with van der Waals surface area (Å²) in [7, 11) is 0. The Balaban J connectivity index is 2.32. The monoisotopic (exact) mass is 331 g/mol. The van der Waals surface area contributed by atoms with Gasteiger partial charge in [-0.3, -0.25) is 0 Å². The highest BCUT2D eigenvalue weighted by Crippen LogP contribution is 2.28. The fraction of sp³-hybridized carbons (Fsp3) is 0.300. The molecule has 1 aromatic rings. The van der Waals surface area contributed by atoms with E-state index in [4.69, 9.17) is 5.73 Å². The minimum Gasteiger partial charge on any atom is -0.370 e. The molecule has 1 aliphatic heterocycles. The molecule has 0 radical (unpaired) electrons. The molecule has 1 aliphatic rings. The topological polar surface area (TPSA) is 50.4 Å². The van der Waals surface area contributed by atoms with E-state index in [0.717, 1.165) is 21.9 Å². The number of halogens is 2. The Hall–Kier alpha value is -0.550. The maximum Gasteiger partial charge on any atom is 0.189 e. The fourth-order valence-corrected chi connectivity index (χ4v) is 2.95. The van der Waals surface area contributed by atoms with Crippen molar-refractivity contribution in [2.75, 3.05) is 6.54 Å². The Bertz CT molecular complexity index is 383. The van der Waals surface area contributed by atoms with Gasteiger partial charge in [-0.15, -0.1) is 0 Å². The standard InChI is InChI=1S/C10H11Br2N3/c11-7-3-6(4-8(12)5-7)9-1-2-14-10(13)15-9/h3-5,9H,1-2H2,(H3,13,14,15). The lowest BCUT2D eigenvalue weighted by atomic mass is 10.0. The third-order valence-electron chi connectivity index (χ3n) is 2.29. The van der Waals surface area contributed by atoms with Crippen molar-refractivity contribution in [2.45, 2.75) is 12.5 Å². The Morgan fingerprint density at radius 3 is 2.53 bits per heavy atom. The van der Waals surface area contributed by atoms with Crippen LogP contribution in [0.1, 0.15) is 18.0 Å². The second kappa shape index (κ2) is 4.53. The maximum atomic E-state index is 5.65. The highest BCUT2D eigenvalue weighted by atomic mass is 79.9. The van der Waals surface area contributed by atoms with Crippen LogP contribution in [0.5, 0.6) is 0 Å². The summed E-state index contributed by atoms with van der Waals surface area (Å²) in [4.78, 5) is 4.38. The number of nitrogens with zero attached hydrogens (tertiary/aromatic N) is 1. The molecule has 15 heavy (non-hydrogen) atoms. The second-order valence-electron chi connectivity index (χ2n) is 3.45. The summed E-state index contributed by atoms with van der Waals surface area (Å²) in [6, 6.07) is 6.34. The zero-order valence-corrected chi connectivity index (χ0v) is 11.2. The quantitative estimate of drug-likeness (QED) is 0.830. The van der Waals surface area contributed by atoms with Crippen LogP contribution in [0.4, 0.5) is 0 Å². The van der Waals surface area contributed by atoms with Crippen LogP contribution in [0.2, 0.25) is 0 Å². The van der Waals surface area contributed by atoms with Gasteiger partial charge in [-0.1, -0.05) is 31.9 Å². The molecule has 1 aromatic carbocycles. The number of nitrogens with two attached hydrogens (primary N) is 1. The molecule has 80 valence electrons. The lowest BCUT2D eigenvalue weighted by Crippen LogP contribution is -2.36. The van der Waals surface area contributed by atoms with Crippen molar-refractivity contribution in [2.24, 2.45) is 10.7 Å². The van der Waals surface area contributed by atoms with Gasteiger partial charge in [0.2, 0.25) is 0 Å². The summed E-state index contributed by atoms with van der Waals surface area (Å²) in [6.07, 6.45) is 0.976. The average molecular weight is 333 g/mol. The molecule has 0 fully saturated rings. The van der Waals surface area contributed by atoms with E-state index < -0.39 is 0 Å². The Morgan fingerprint density at radius 2 is 1.93 bits per heavy atom. The highest BCUT2D eigenvalue weighted by molar-refractivity contribution is 9.11. The van der Waals surface area contributed by atoms with Crippen LogP contribution < -0.4 is 11.1 Å². The van der Waals surface area contributed by atoms with Crippen LogP contribution in [-0.4, -0.2) is 12.5 Å². The summed E-state index contributed by atoms with van der Waals surface area (Å²) in [5.41, 5.74) is 6.84. The number of guanidine groups is 1. The first kappa shape index (κ1) is 11.0. The lowest BCUT2D eigenvalue weighted by molar-refractivity contribution is 0.600. The van der Waals surface area contributed by atoms with Crippen LogP contribution in [0, 0.1) is 0 Å². The largest absolute Gasteiger partial charge is 0.370 e. The van der Waals surface area contributed by atoms with E-state index in [-0.39, 0.29) is 6.04 Å². The predicted molar refractivity (Wildman–Crippen MR) is 68.8 cm³/mol. The molecule has 3 N–H and O–H groups in total. The normalized spacial score (nSPS) is 20.7. The predicted octanol–water partition coefficient (Wildman–Crippen LogP) is 2.56. The van der Waals surface area contributed by atoms with Gasteiger partial charge in [0.05, 0.1) is 6.04 Å². The SMILES string of the molecule is NC1=NC(c2cc(Br)cc(Br)c2)CCN1. The van der Waals surface area contributed by atoms with E-state index >= 15 is 0 Å². The summed E-state index contributed by atoms with van der Waals surface area (Å²) < 4.78 is 2.11. The van der Waals surface area contributed by atoms with E-state index in [9.17, 15) is 0 Å². The molecule has 0 saturated heterocycles. The zero-order valence-electron chi connectivity index (χ0n) is 8.00. The van der Waals surface area contributed by atoms with E-state index in [2.05, 4.69) is 54.3 Å². The van der Waals surface area contributed by atoms with E-state index in [1.807, 2.05) is 6.07 Å². The summed E-state index contributed by atoms with van der Waals surface area (Å²) in [5.74, 6) is 0.530. The number of benzene rings is 1. The average Bonchev–Trinajstić information content (AvgIpc) is 2.16. The van der Waals surface area contributed by atoms with Gasteiger partial charge in [-0.2, -0.15) is 0 Å². The molecule has 0 aromatic heterocycles. The van der Waals surface area contributed by atoms with Crippen LogP contribution in [0.25, 0.3) is 0 Å². The number of hydrogen-bond donors (Lipinski definition) is 2. The molecule has 0 bridgehead atoms. The van der Waals surface area contributed by atoms with Crippen LogP contribution >= 0.6 is 31.9 Å². The van der Waals surface area contributed by atoms with Crippen molar-refractivity contribution in [1.29, 1.82) is 0 Å². The van der Waals surface area contributed by atoms with Gasteiger partial charge in [0.1, 0.15) is 0 Å². The van der Waals surface area contributed by atoms with Crippen LogP contribution in [0.15, 0.2) is 32.1 Å². The highest BCUT2D eigenvalue weighted by Gasteiger charge is 2.15. The van der Waals surface area contributed by atoms with E-state index in [0.29, 0.717) is 5.96 Å². The molecule has 1 atom stereocenters. The molecule has 1 unspecified atom stereocenters. The van der Waals surface area contributed by atoms with Gasteiger partial charge < -0.3 is 11.1 Å². The third-order valence-corrected chi connectivity index (χ3v) is 3.20. The van der Waals surface area contributed by atoms with E-state index in [1.54, 1.807) is 0 Å².